The van der Waals surface area contributed by atoms with Crippen LogP contribution in [0, 0.1) is 0 Å². The molecule has 0 saturated heterocycles. The summed E-state index contributed by atoms with van der Waals surface area (Å²) in [5, 5.41) is 3.49. The zero-order valence-electron chi connectivity index (χ0n) is 9.25. The van der Waals surface area contributed by atoms with Crippen molar-refractivity contribution in [2.75, 3.05) is 11.6 Å². The first kappa shape index (κ1) is 11.6. The summed E-state index contributed by atoms with van der Waals surface area (Å²) in [4.78, 5) is 20.1. The fourth-order valence-corrected chi connectivity index (χ4v) is 1.91. The Kier molecular flexibility index (Phi) is 3.72. The molecule has 0 atom stereocenters. The molecule has 1 amide bonds. The van der Waals surface area contributed by atoms with Crippen LogP contribution in [0.5, 0.6) is 0 Å². The summed E-state index contributed by atoms with van der Waals surface area (Å²) in [7, 11) is 0. The molecule has 5 heteroatoms. The Hall–Kier alpha value is -1.88. The second-order valence-electron chi connectivity index (χ2n) is 3.26. The molecule has 2 heterocycles. The second-order valence-corrected chi connectivity index (χ2v) is 4.05. The molecule has 1 N–H and O–H groups in total. The quantitative estimate of drug-likeness (QED) is 0.844. The smallest absolute Gasteiger partial charge is 0.258 e. The van der Waals surface area contributed by atoms with Crippen LogP contribution in [0.4, 0.5) is 5.69 Å². The number of nitrogens with one attached hydrogen (secondary N) is 1. The molecule has 2 aromatic rings. The lowest BCUT2D eigenvalue weighted by Crippen LogP contribution is -2.13. The third kappa shape index (κ3) is 2.82. The first-order chi connectivity index (χ1) is 8.31. The number of pyridine rings is 2. The highest BCUT2D eigenvalue weighted by Crippen LogP contribution is 2.18. The van der Waals surface area contributed by atoms with E-state index in [9.17, 15) is 4.79 Å². The summed E-state index contributed by atoms with van der Waals surface area (Å²) in [6.45, 7) is 0. The van der Waals surface area contributed by atoms with Crippen LogP contribution >= 0.6 is 11.8 Å². The number of anilines is 1. The monoisotopic (exact) mass is 245 g/mol. The number of hydrogen-bond donors (Lipinski definition) is 1. The molecule has 2 aromatic heterocycles. The van der Waals surface area contributed by atoms with Gasteiger partial charge in [-0.05, 0) is 30.5 Å². The number of amides is 1. The van der Waals surface area contributed by atoms with Gasteiger partial charge in [-0.3, -0.25) is 9.78 Å². The predicted molar refractivity (Wildman–Crippen MR) is 68.2 cm³/mol. The highest BCUT2D eigenvalue weighted by Gasteiger charge is 2.11. The van der Waals surface area contributed by atoms with E-state index in [1.807, 2.05) is 6.26 Å². The van der Waals surface area contributed by atoms with Gasteiger partial charge in [-0.2, -0.15) is 0 Å². The molecule has 0 aliphatic carbocycles. The minimum absolute atomic E-state index is 0.171. The van der Waals surface area contributed by atoms with E-state index in [1.54, 1.807) is 42.9 Å². The SMILES string of the molecule is CSc1ncccc1C(=O)Nc1cccnc1. The van der Waals surface area contributed by atoms with Crippen LogP contribution in [0.3, 0.4) is 0 Å². The van der Waals surface area contributed by atoms with E-state index in [0.717, 1.165) is 0 Å². The highest BCUT2D eigenvalue weighted by atomic mass is 32.2. The average Bonchev–Trinajstić information content (AvgIpc) is 2.40. The molecule has 0 unspecified atom stereocenters. The summed E-state index contributed by atoms with van der Waals surface area (Å²) in [6.07, 6.45) is 6.83. The largest absolute Gasteiger partial charge is 0.321 e. The fraction of sp³-hybridized carbons (Fsp3) is 0.0833. The van der Waals surface area contributed by atoms with E-state index < -0.39 is 0 Å². The van der Waals surface area contributed by atoms with Crippen molar-refractivity contribution in [2.45, 2.75) is 5.03 Å². The molecular weight excluding hydrogens is 234 g/mol. The van der Waals surface area contributed by atoms with Gasteiger partial charge in [0.15, 0.2) is 0 Å². The number of carbonyl (C=O) groups excluding carboxylic acids is 1. The van der Waals surface area contributed by atoms with Gasteiger partial charge in [-0.25, -0.2) is 4.98 Å². The summed E-state index contributed by atoms with van der Waals surface area (Å²) in [5.41, 5.74) is 1.25. The fourth-order valence-electron chi connectivity index (χ4n) is 1.36. The van der Waals surface area contributed by atoms with E-state index in [0.29, 0.717) is 16.3 Å². The summed E-state index contributed by atoms with van der Waals surface area (Å²) >= 11 is 1.45. The predicted octanol–water partition coefficient (Wildman–Crippen LogP) is 2.45. The van der Waals surface area contributed by atoms with Crippen molar-refractivity contribution in [2.24, 2.45) is 0 Å². The Labute approximate surface area is 103 Å². The van der Waals surface area contributed by atoms with E-state index in [2.05, 4.69) is 15.3 Å². The van der Waals surface area contributed by atoms with Gasteiger partial charge in [-0.15, -0.1) is 11.8 Å². The van der Waals surface area contributed by atoms with Crippen molar-refractivity contribution in [3.05, 3.63) is 48.4 Å². The topological polar surface area (TPSA) is 54.9 Å². The maximum absolute atomic E-state index is 12.0. The van der Waals surface area contributed by atoms with Crippen molar-refractivity contribution in [3.8, 4) is 0 Å². The van der Waals surface area contributed by atoms with Crippen LogP contribution in [-0.4, -0.2) is 22.1 Å². The van der Waals surface area contributed by atoms with Crippen molar-refractivity contribution in [1.29, 1.82) is 0 Å². The Bertz CT molecular complexity index is 516. The number of hydrogen-bond acceptors (Lipinski definition) is 4. The lowest BCUT2D eigenvalue weighted by molar-refractivity contribution is 0.102. The van der Waals surface area contributed by atoms with Gasteiger partial charge in [0, 0.05) is 12.4 Å². The second kappa shape index (κ2) is 5.45. The first-order valence-corrected chi connectivity index (χ1v) is 6.24. The van der Waals surface area contributed by atoms with Gasteiger partial charge >= 0.3 is 0 Å². The molecule has 4 nitrogen and oxygen atoms in total. The normalized spacial score (nSPS) is 9.94. The molecule has 0 fully saturated rings. The highest BCUT2D eigenvalue weighted by molar-refractivity contribution is 7.98. The van der Waals surface area contributed by atoms with E-state index in [-0.39, 0.29) is 5.91 Å². The number of thioether (sulfide) groups is 1. The number of rotatable bonds is 3. The summed E-state index contributed by atoms with van der Waals surface area (Å²) in [5.74, 6) is -0.171. The van der Waals surface area contributed by atoms with Crippen LogP contribution in [0.2, 0.25) is 0 Å². The minimum Gasteiger partial charge on any atom is -0.321 e. The van der Waals surface area contributed by atoms with Crippen LogP contribution in [0.1, 0.15) is 10.4 Å². The molecule has 0 aliphatic heterocycles. The van der Waals surface area contributed by atoms with E-state index in [4.69, 9.17) is 0 Å². The maximum Gasteiger partial charge on any atom is 0.258 e. The maximum atomic E-state index is 12.0. The Morgan fingerprint density at radius 3 is 2.82 bits per heavy atom. The number of nitrogens with zero attached hydrogens (tertiary/aromatic N) is 2. The Morgan fingerprint density at radius 2 is 2.12 bits per heavy atom. The molecule has 0 bridgehead atoms. The van der Waals surface area contributed by atoms with Gasteiger partial charge in [0.05, 0.1) is 17.4 Å². The molecule has 86 valence electrons. The Balaban J connectivity index is 2.20. The van der Waals surface area contributed by atoms with Gasteiger partial charge in [0.25, 0.3) is 5.91 Å². The lowest BCUT2D eigenvalue weighted by atomic mass is 10.2. The van der Waals surface area contributed by atoms with Crippen LogP contribution in [0.25, 0.3) is 0 Å². The third-order valence-corrected chi connectivity index (χ3v) is 2.84. The molecular formula is C12H11N3OS. The molecule has 17 heavy (non-hydrogen) atoms. The number of carbonyl (C=O) groups is 1. The zero-order valence-corrected chi connectivity index (χ0v) is 10.1. The Morgan fingerprint density at radius 1 is 1.29 bits per heavy atom. The summed E-state index contributed by atoms with van der Waals surface area (Å²) in [6, 6.07) is 7.07. The lowest BCUT2D eigenvalue weighted by Gasteiger charge is -2.06. The molecule has 0 radical (unpaired) electrons. The van der Waals surface area contributed by atoms with Crippen molar-refractivity contribution in [1.82, 2.24) is 9.97 Å². The molecule has 0 spiro atoms. The molecule has 0 saturated carbocycles. The zero-order chi connectivity index (χ0) is 12.1. The standard InChI is InChI=1S/C12H11N3OS/c1-17-12-10(5-3-7-14-12)11(16)15-9-4-2-6-13-8-9/h2-8H,1H3,(H,15,16). The van der Waals surface area contributed by atoms with Gasteiger partial charge in [-0.1, -0.05) is 0 Å². The van der Waals surface area contributed by atoms with Crippen molar-refractivity contribution < 1.29 is 4.79 Å². The molecule has 0 aromatic carbocycles. The molecule has 2 rings (SSSR count). The van der Waals surface area contributed by atoms with Gasteiger partial charge < -0.3 is 5.32 Å². The van der Waals surface area contributed by atoms with Gasteiger partial charge in [0.2, 0.25) is 0 Å². The van der Waals surface area contributed by atoms with E-state index >= 15 is 0 Å². The van der Waals surface area contributed by atoms with Gasteiger partial charge in [0.1, 0.15) is 5.03 Å². The van der Waals surface area contributed by atoms with Crippen LogP contribution in [-0.2, 0) is 0 Å². The van der Waals surface area contributed by atoms with Crippen molar-refractivity contribution >= 4 is 23.4 Å². The number of aromatic nitrogens is 2. The first-order valence-electron chi connectivity index (χ1n) is 5.01. The van der Waals surface area contributed by atoms with Crippen LogP contribution < -0.4 is 5.32 Å². The van der Waals surface area contributed by atoms with Crippen LogP contribution in [0.15, 0.2) is 47.9 Å². The average molecular weight is 245 g/mol. The van der Waals surface area contributed by atoms with E-state index in [1.165, 1.54) is 11.8 Å². The summed E-state index contributed by atoms with van der Waals surface area (Å²) < 4.78 is 0. The van der Waals surface area contributed by atoms with Crippen molar-refractivity contribution in [3.63, 3.8) is 0 Å². The molecule has 0 aliphatic rings. The third-order valence-electron chi connectivity index (χ3n) is 2.13. The minimum atomic E-state index is -0.171.